The SMILES string of the molecule is CC(C)CCCOC(=O)c1cc(Cl)ccn1. The highest BCUT2D eigenvalue weighted by Crippen LogP contribution is 2.09. The van der Waals surface area contributed by atoms with E-state index in [9.17, 15) is 4.79 Å². The summed E-state index contributed by atoms with van der Waals surface area (Å²) in [6.07, 6.45) is 3.42. The van der Waals surface area contributed by atoms with Gasteiger partial charge in [-0.05, 0) is 30.9 Å². The zero-order valence-corrected chi connectivity index (χ0v) is 10.3. The second-order valence-electron chi connectivity index (χ2n) is 4.03. The molecule has 0 saturated heterocycles. The molecule has 0 saturated carbocycles. The number of hydrogen-bond donors (Lipinski definition) is 0. The lowest BCUT2D eigenvalue weighted by Crippen LogP contribution is -2.08. The van der Waals surface area contributed by atoms with Gasteiger partial charge in [0.1, 0.15) is 5.69 Å². The topological polar surface area (TPSA) is 39.2 Å². The maximum atomic E-state index is 11.5. The summed E-state index contributed by atoms with van der Waals surface area (Å²) in [5, 5.41) is 0.490. The summed E-state index contributed by atoms with van der Waals surface area (Å²) in [6, 6.07) is 3.13. The molecule has 0 aliphatic heterocycles. The van der Waals surface area contributed by atoms with E-state index in [2.05, 4.69) is 18.8 Å². The van der Waals surface area contributed by atoms with E-state index in [1.54, 1.807) is 6.07 Å². The molecule has 0 fully saturated rings. The second kappa shape index (κ2) is 6.48. The summed E-state index contributed by atoms with van der Waals surface area (Å²) in [6.45, 7) is 4.71. The second-order valence-corrected chi connectivity index (χ2v) is 4.47. The molecule has 0 radical (unpaired) electrons. The van der Waals surface area contributed by atoms with Gasteiger partial charge >= 0.3 is 5.97 Å². The van der Waals surface area contributed by atoms with Crippen LogP contribution in [0.4, 0.5) is 0 Å². The Morgan fingerprint density at radius 3 is 2.94 bits per heavy atom. The molecule has 1 rings (SSSR count). The predicted molar refractivity (Wildman–Crippen MR) is 63.6 cm³/mol. The van der Waals surface area contributed by atoms with Crippen molar-refractivity contribution in [2.24, 2.45) is 5.92 Å². The van der Waals surface area contributed by atoms with Gasteiger partial charge in [0, 0.05) is 11.2 Å². The number of nitrogens with zero attached hydrogens (tertiary/aromatic N) is 1. The number of ether oxygens (including phenoxy) is 1. The molecule has 3 nitrogen and oxygen atoms in total. The lowest BCUT2D eigenvalue weighted by atomic mass is 10.1. The van der Waals surface area contributed by atoms with Crippen molar-refractivity contribution in [2.45, 2.75) is 26.7 Å². The molecular weight excluding hydrogens is 226 g/mol. The van der Waals surface area contributed by atoms with Crippen molar-refractivity contribution in [3.63, 3.8) is 0 Å². The Morgan fingerprint density at radius 2 is 2.31 bits per heavy atom. The first-order valence-electron chi connectivity index (χ1n) is 5.38. The predicted octanol–water partition coefficient (Wildman–Crippen LogP) is 3.33. The molecule has 0 spiro atoms. The summed E-state index contributed by atoms with van der Waals surface area (Å²) in [5.41, 5.74) is 0.261. The van der Waals surface area contributed by atoms with Crippen LogP contribution in [0.25, 0.3) is 0 Å². The molecule has 0 bridgehead atoms. The summed E-state index contributed by atoms with van der Waals surface area (Å²) >= 11 is 5.74. The van der Waals surface area contributed by atoms with Crippen LogP contribution in [0.2, 0.25) is 5.02 Å². The Hall–Kier alpha value is -1.09. The molecule has 1 heterocycles. The molecule has 0 aromatic carbocycles. The maximum absolute atomic E-state index is 11.5. The van der Waals surface area contributed by atoms with Crippen molar-refractivity contribution >= 4 is 17.6 Å². The van der Waals surface area contributed by atoms with Crippen LogP contribution in [0.3, 0.4) is 0 Å². The van der Waals surface area contributed by atoms with Crippen molar-refractivity contribution in [1.29, 1.82) is 0 Å². The first-order valence-corrected chi connectivity index (χ1v) is 5.76. The third-order valence-electron chi connectivity index (χ3n) is 2.09. The molecule has 0 N–H and O–H groups in total. The van der Waals surface area contributed by atoms with Gasteiger partial charge in [0.15, 0.2) is 0 Å². The summed E-state index contributed by atoms with van der Waals surface area (Å²) < 4.78 is 5.07. The van der Waals surface area contributed by atoms with Gasteiger partial charge < -0.3 is 4.74 Å². The van der Waals surface area contributed by atoms with E-state index in [1.807, 2.05) is 0 Å². The fourth-order valence-electron chi connectivity index (χ4n) is 1.25. The molecule has 0 atom stereocenters. The van der Waals surface area contributed by atoms with Crippen LogP contribution in [0.1, 0.15) is 37.2 Å². The molecule has 1 aromatic heterocycles. The van der Waals surface area contributed by atoms with Crippen LogP contribution < -0.4 is 0 Å². The molecule has 0 aliphatic rings. The monoisotopic (exact) mass is 241 g/mol. The third-order valence-corrected chi connectivity index (χ3v) is 2.33. The van der Waals surface area contributed by atoms with Crippen molar-refractivity contribution < 1.29 is 9.53 Å². The number of pyridine rings is 1. The fourth-order valence-corrected chi connectivity index (χ4v) is 1.41. The van der Waals surface area contributed by atoms with Crippen LogP contribution in [0, 0.1) is 5.92 Å². The van der Waals surface area contributed by atoms with Gasteiger partial charge in [0.2, 0.25) is 0 Å². The highest BCUT2D eigenvalue weighted by atomic mass is 35.5. The quantitative estimate of drug-likeness (QED) is 0.586. The number of hydrogen-bond acceptors (Lipinski definition) is 3. The van der Waals surface area contributed by atoms with Gasteiger partial charge in [0.05, 0.1) is 6.61 Å². The van der Waals surface area contributed by atoms with Gasteiger partial charge in [-0.25, -0.2) is 9.78 Å². The van der Waals surface area contributed by atoms with E-state index in [4.69, 9.17) is 16.3 Å². The number of rotatable bonds is 5. The Balaban J connectivity index is 2.35. The first kappa shape index (κ1) is 13.0. The van der Waals surface area contributed by atoms with E-state index in [0.29, 0.717) is 17.5 Å². The van der Waals surface area contributed by atoms with Crippen LogP contribution >= 0.6 is 11.6 Å². The Morgan fingerprint density at radius 1 is 1.56 bits per heavy atom. The summed E-state index contributed by atoms with van der Waals surface area (Å²) in [5.74, 6) is 0.217. The number of halogens is 1. The molecule has 0 amide bonds. The van der Waals surface area contributed by atoms with E-state index >= 15 is 0 Å². The minimum Gasteiger partial charge on any atom is -0.461 e. The van der Waals surface area contributed by atoms with Crippen molar-refractivity contribution in [3.8, 4) is 0 Å². The minimum atomic E-state index is -0.411. The molecular formula is C12H16ClNO2. The van der Waals surface area contributed by atoms with Crippen LogP contribution in [0.5, 0.6) is 0 Å². The first-order chi connectivity index (χ1) is 7.59. The van der Waals surface area contributed by atoms with Gasteiger partial charge in [-0.2, -0.15) is 0 Å². The average molecular weight is 242 g/mol. The van der Waals surface area contributed by atoms with Crippen LogP contribution in [-0.4, -0.2) is 17.6 Å². The largest absolute Gasteiger partial charge is 0.461 e. The van der Waals surface area contributed by atoms with Crippen LogP contribution in [0.15, 0.2) is 18.3 Å². The number of carbonyl (C=O) groups is 1. The zero-order chi connectivity index (χ0) is 12.0. The van der Waals surface area contributed by atoms with E-state index in [0.717, 1.165) is 12.8 Å². The standard InChI is InChI=1S/C12H16ClNO2/c1-9(2)4-3-7-16-12(15)11-8-10(13)5-6-14-11/h5-6,8-9H,3-4,7H2,1-2H3. The van der Waals surface area contributed by atoms with E-state index < -0.39 is 5.97 Å². The molecule has 0 aliphatic carbocycles. The minimum absolute atomic E-state index is 0.261. The molecule has 16 heavy (non-hydrogen) atoms. The van der Waals surface area contributed by atoms with E-state index in [1.165, 1.54) is 12.3 Å². The highest BCUT2D eigenvalue weighted by molar-refractivity contribution is 6.30. The molecule has 0 unspecified atom stereocenters. The van der Waals surface area contributed by atoms with Crippen LogP contribution in [-0.2, 0) is 4.74 Å². The fraction of sp³-hybridized carbons (Fsp3) is 0.500. The maximum Gasteiger partial charge on any atom is 0.356 e. The van der Waals surface area contributed by atoms with Gasteiger partial charge in [-0.15, -0.1) is 0 Å². The lowest BCUT2D eigenvalue weighted by Gasteiger charge is -2.06. The van der Waals surface area contributed by atoms with Crippen molar-refractivity contribution in [2.75, 3.05) is 6.61 Å². The number of aromatic nitrogens is 1. The summed E-state index contributed by atoms with van der Waals surface area (Å²) in [4.78, 5) is 15.4. The Labute approximate surface area is 101 Å². The normalized spacial score (nSPS) is 10.5. The average Bonchev–Trinajstić information content (AvgIpc) is 2.24. The zero-order valence-electron chi connectivity index (χ0n) is 9.57. The van der Waals surface area contributed by atoms with Crippen molar-refractivity contribution in [3.05, 3.63) is 29.0 Å². The third kappa shape index (κ3) is 4.62. The Kier molecular flexibility index (Phi) is 5.26. The Bertz CT molecular complexity index is 353. The van der Waals surface area contributed by atoms with Gasteiger partial charge in [0.25, 0.3) is 0 Å². The van der Waals surface area contributed by atoms with E-state index in [-0.39, 0.29) is 5.69 Å². The summed E-state index contributed by atoms with van der Waals surface area (Å²) in [7, 11) is 0. The van der Waals surface area contributed by atoms with Crippen molar-refractivity contribution in [1.82, 2.24) is 4.98 Å². The smallest absolute Gasteiger partial charge is 0.356 e. The number of esters is 1. The highest BCUT2D eigenvalue weighted by Gasteiger charge is 2.08. The molecule has 88 valence electrons. The molecule has 1 aromatic rings. The molecule has 4 heteroatoms. The lowest BCUT2D eigenvalue weighted by molar-refractivity contribution is 0.0488. The van der Waals surface area contributed by atoms with Gasteiger partial charge in [-0.3, -0.25) is 0 Å². The van der Waals surface area contributed by atoms with Gasteiger partial charge in [-0.1, -0.05) is 25.4 Å². The number of carbonyl (C=O) groups excluding carboxylic acids is 1.